The molecule has 1 heteroatoms. The summed E-state index contributed by atoms with van der Waals surface area (Å²) < 4.78 is 0. The highest BCUT2D eigenvalue weighted by Crippen LogP contribution is 2.49. The summed E-state index contributed by atoms with van der Waals surface area (Å²) in [7, 11) is 0. The molecule has 0 radical (unpaired) electrons. The van der Waals surface area contributed by atoms with E-state index < -0.39 is 0 Å². The molecule has 0 bridgehead atoms. The Kier molecular flexibility index (Phi) is 5.39. The average Bonchev–Trinajstić information content (AvgIpc) is 2.98. The van der Waals surface area contributed by atoms with E-state index in [1.165, 1.54) is 33.4 Å². The lowest BCUT2D eigenvalue weighted by Crippen LogP contribution is -2.20. The van der Waals surface area contributed by atoms with Crippen LogP contribution in [0.1, 0.15) is 58.2 Å². The molecule has 0 amide bonds. The van der Waals surface area contributed by atoms with Gasteiger partial charge in [0.05, 0.1) is 0 Å². The van der Waals surface area contributed by atoms with Crippen LogP contribution in [-0.4, -0.2) is 5.11 Å². The highest BCUT2D eigenvalue weighted by molar-refractivity contribution is 5.86. The molecule has 1 unspecified atom stereocenters. The number of phenolic OH excluding ortho intramolecular Hbond substituents is 1. The van der Waals surface area contributed by atoms with E-state index in [4.69, 9.17) is 0 Å². The predicted octanol–water partition coefficient (Wildman–Crippen LogP) is 8.14. The van der Waals surface area contributed by atoms with E-state index in [1.807, 2.05) is 12.1 Å². The molecule has 158 valence electrons. The van der Waals surface area contributed by atoms with Gasteiger partial charge in [0.15, 0.2) is 0 Å². The molecule has 0 spiro atoms. The van der Waals surface area contributed by atoms with E-state index in [-0.39, 0.29) is 5.41 Å². The Labute approximate surface area is 186 Å². The van der Waals surface area contributed by atoms with Crippen molar-refractivity contribution in [3.8, 4) is 16.9 Å². The van der Waals surface area contributed by atoms with Gasteiger partial charge in [0.25, 0.3) is 0 Å². The van der Waals surface area contributed by atoms with Gasteiger partial charge in [0.1, 0.15) is 5.75 Å². The molecule has 1 atom stereocenters. The van der Waals surface area contributed by atoms with E-state index in [9.17, 15) is 5.11 Å². The topological polar surface area (TPSA) is 20.2 Å². The van der Waals surface area contributed by atoms with Gasteiger partial charge in [0, 0.05) is 22.5 Å². The molecule has 0 fully saturated rings. The van der Waals surface area contributed by atoms with E-state index in [1.54, 1.807) is 0 Å². The van der Waals surface area contributed by atoms with Crippen LogP contribution in [0.2, 0.25) is 0 Å². The van der Waals surface area contributed by atoms with Crippen molar-refractivity contribution in [2.24, 2.45) is 5.92 Å². The number of hydrogen-bond acceptors (Lipinski definition) is 1. The molecule has 1 N–H and O–H groups in total. The second-order valence-electron chi connectivity index (χ2n) is 9.35. The summed E-state index contributed by atoms with van der Waals surface area (Å²) in [5.74, 6) is 0.696. The van der Waals surface area contributed by atoms with Crippen molar-refractivity contribution in [2.45, 2.75) is 47.0 Å². The summed E-state index contributed by atoms with van der Waals surface area (Å²) >= 11 is 0. The molecule has 1 nitrogen and oxygen atoms in total. The highest BCUT2D eigenvalue weighted by atomic mass is 16.3. The third kappa shape index (κ3) is 3.53. The molecule has 0 heterocycles. The number of rotatable bonds is 4. The Bertz CT molecular complexity index is 1180. The molecule has 0 aliphatic heterocycles. The zero-order chi connectivity index (χ0) is 22.3. The van der Waals surface area contributed by atoms with Crippen LogP contribution in [-0.2, 0) is 5.41 Å². The molecular weight excluding hydrogens is 376 g/mol. The van der Waals surface area contributed by atoms with Crippen molar-refractivity contribution >= 4 is 5.57 Å². The lowest BCUT2D eigenvalue weighted by Gasteiger charge is -2.29. The summed E-state index contributed by atoms with van der Waals surface area (Å²) in [6, 6.07) is 25.3. The largest absolute Gasteiger partial charge is 0.507 e. The summed E-state index contributed by atoms with van der Waals surface area (Å²) in [4.78, 5) is 0. The van der Waals surface area contributed by atoms with E-state index in [2.05, 4.69) is 102 Å². The second kappa shape index (κ2) is 7.89. The Morgan fingerprint density at radius 1 is 0.742 bits per heavy atom. The molecule has 3 aromatic rings. The van der Waals surface area contributed by atoms with Crippen LogP contribution in [0.15, 0.2) is 89.5 Å². The van der Waals surface area contributed by atoms with Gasteiger partial charge in [0.2, 0.25) is 0 Å². The number of phenols is 1. The quantitative estimate of drug-likeness (QED) is 0.462. The first-order valence-corrected chi connectivity index (χ1v) is 11.1. The Hall–Kier alpha value is -3.06. The maximum atomic E-state index is 11.7. The predicted molar refractivity (Wildman–Crippen MR) is 132 cm³/mol. The SMILES string of the molecule is CC1=C(C)C(C)C(c2cc(-c3ccccc3)cc(C(C)(C)c3ccccc3)c2O)=C1C. The van der Waals surface area contributed by atoms with Gasteiger partial charge < -0.3 is 5.11 Å². The molecule has 1 aliphatic rings. The molecular formula is C30H32O. The third-order valence-electron chi connectivity index (χ3n) is 7.32. The Balaban J connectivity index is 2.00. The van der Waals surface area contributed by atoms with Crippen molar-refractivity contribution in [2.75, 3.05) is 0 Å². The van der Waals surface area contributed by atoms with Gasteiger partial charge in [-0.1, -0.05) is 87.0 Å². The first kappa shape index (κ1) is 21.2. The van der Waals surface area contributed by atoms with Crippen molar-refractivity contribution in [1.29, 1.82) is 0 Å². The summed E-state index contributed by atoms with van der Waals surface area (Å²) in [5.41, 5.74) is 10.4. The fraction of sp³-hybridized carbons (Fsp3) is 0.267. The summed E-state index contributed by atoms with van der Waals surface area (Å²) in [6.45, 7) is 13.2. The van der Waals surface area contributed by atoms with Crippen molar-refractivity contribution in [1.82, 2.24) is 0 Å². The molecule has 31 heavy (non-hydrogen) atoms. The molecule has 0 saturated carbocycles. The van der Waals surface area contributed by atoms with Crippen LogP contribution in [0.25, 0.3) is 16.7 Å². The Morgan fingerprint density at radius 2 is 1.32 bits per heavy atom. The summed E-state index contributed by atoms with van der Waals surface area (Å²) in [6.07, 6.45) is 0. The zero-order valence-corrected chi connectivity index (χ0v) is 19.5. The normalized spacial score (nSPS) is 16.9. The van der Waals surface area contributed by atoms with Gasteiger partial charge in [-0.3, -0.25) is 0 Å². The van der Waals surface area contributed by atoms with Crippen molar-refractivity contribution < 1.29 is 5.11 Å². The maximum absolute atomic E-state index is 11.7. The average molecular weight is 409 g/mol. The fourth-order valence-electron chi connectivity index (χ4n) is 4.92. The van der Waals surface area contributed by atoms with Crippen LogP contribution < -0.4 is 0 Å². The zero-order valence-electron chi connectivity index (χ0n) is 19.5. The Morgan fingerprint density at radius 3 is 1.87 bits per heavy atom. The first-order valence-electron chi connectivity index (χ1n) is 11.1. The third-order valence-corrected chi connectivity index (χ3v) is 7.32. The summed E-state index contributed by atoms with van der Waals surface area (Å²) in [5, 5.41) is 11.7. The van der Waals surface area contributed by atoms with Crippen LogP contribution in [0.3, 0.4) is 0 Å². The van der Waals surface area contributed by atoms with Crippen LogP contribution >= 0.6 is 0 Å². The van der Waals surface area contributed by atoms with Crippen LogP contribution in [0, 0.1) is 5.92 Å². The molecule has 0 aromatic heterocycles. The minimum atomic E-state index is -0.335. The van der Waals surface area contributed by atoms with E-state index in [0.29, 0.717) is 11.7 Å². The standard InChI is InChI=1S/C30H32O/c1-19-20(2)22(4)28(21(19)3)26-17-24(23-13-9-7-10-14-23)18-27(29(26)31)30(5,6)25-15-11-8-12-16-25/h7-18,21,31H,1-6H3. The molecule has 4 rings (SSSR count). The fourth-order valence-corrected chi connectivity index (χ4v) is 4.92. The number of benzene rings is 3. The molecule has 0 saturated heterocycles. The van der Waals surface area contributed by atoms with Gasteiger partial charge in [-0.2, -0.15) is 0 Å². The van der Waals surface area contributed by atoms with Crippen LogP contribution in [0.5, 0.6) is 5.75 Å². The minimum Gasteiger partial charge on any atom is -0.507 e. The van der Waals surface area contributed by atoms with Crippen molar-refractivity contribution in [3.05, 3.63) is 106 Å². The molecule has 1 aliphatic carbocycles. The second-order valence-corrected chi connectivity index (χ2v) is 9.35. The monoisotopic (exact) mass is 408 g/mol. The van der Waals surface area contributed by atoms with Crippen molar-refractivity contribution in [3.63, 3.8) is 0 Å². The maximum Gasteiger partial charge on any atom is 0.127 e. The van der Waals surface area contributed by atoms with Gasteiger partial charge in [-0.05, 0) is 66.3 Å². The molecule has 3 aromatic carbocycles. The van der Waals surface area contributed by atoms with E-state index in [0.717, 1.165) is 16.7 Å². The number of allylic oxidation sites excluding steroid dienone is 4. The highest BCUT2D eigenvalue weighted by Gasteiger charge is 2.32. The van der Waals surface area contributed by atoms with Gasteiger partial charge in [-0.25, -0.2) is 0 Å². The minimum absolute atomic E-state index is 0.296. The number of hydrogen-bond donors (Lipinski definition) is 1. The first-order chi connectivity index (χ1) is 14.7. The van der Waals surface area contributed by atoms with Gasteiger partial charge in [-0.15, -0.1) is 0 Å². The van der Waals surface area contributed by atoms with Crippen LogP contribution in [0.4, 0.5) is 0 Å². The number of aromatic hydroxyl groups is 1. The van der Waals surface area contributed by atoms with Gasteiger partial charge >= 0.3 is 0 Å². The smallest absolute Gasteiger partial charge is 0.127 e. The lowest BCUT2D eigenvalue weighted by molar-refractivity contribution is 0.451. The van der Waals surface area contributed by atoms with E-state index >= 15 is 0 Å². The lowest BCUT2D eigenvalue weighted by atomic mass is 9.75.